The maximum Gasteiger partial charge on any atom is 0.00181 e. The number of hydrogen-bond acceptors (Lipinski definition) is 2. The first-order valence-corrected chi connectivity index (χ1v) is 3.07. The fourth-order valence-corrected chi connectivity index (χ4v) is 0.814. The summed E-state index contributed by atoms with van der Waals surface area (Å²) in [6.45, 7) is 0. The van der Waals surface area contributed by atoms with E-state index in [0.29, 0.717) is 0 Å². The summed E-state index contributed by atoms with van der Waals surface area (Å²) in [5.41, 5.74) is 10.7. The van der Waals surface area contributed by atoms with Crippen molar-refractivity contribution >= 4 is 12.4 Å². The van der Waals surface area contributed by atoms with Crippen LogP contribution in [0.2, 0.25) is 0 Å². The molecule has 0 aliphatic heterocycles. The summed E-state index contributed by atoms with van der Waals surface area (Å²) in [5, 5.41) is 1.93. The molecule has 0 heterocycles. The van der Waals surface area contributed by atoms with E-state index in [4.69, 9.17) is 11.5 Å². The standard InChI is InChI=1S/C8H10N2/c9-5-7-3-1-2-4-8(7)6-10/h1-6H,9-10H2. The Morgan fingerprint density at radius 1 is 0.900 bits per heavy atom. The van der Waals surface area contributed by atoms with Crippen LogP contribution < -0.4 is 21.9 Å². The Kier molecular flexibility index (Phi) is 1.95. The van der Waals surface area contributed by atoms with Crippen LogP contribution in [0.3, 0.4) is 0 Å². The molecule has 4 N–H and O–H groups in total. The van der Waals surface area contributed by atoms with E-state index >= 15 is 0 Å². The van der Waals surface area contributed by atoms with Gasteiger partial charge >= 0.3 is 0 Å². The number of nitrogens with two attached hydrogens (primary N) is 2. The third-order valence-corrected chi connectivity index (χ3v) is 1.36. The highest BCUT2D eigenvalue weighted by atomic mass is 14.5. The summed E-state index contributed by atoms with van der Waals surface area (Å²) in [5.74, 6) is 0. The molecule has 0 aliphatic rings. The molecule has 0 aromatic heterocycles. The fourth-order valence-electron chi connectivity index (χ4n) is 0.814. The molecule has 0 saturated heterocycles. The van der Waals surface area contributed by atoms with Crippen LogP contribution in [0.15, 0.2) is 24.3 Å². The molecule has 52 valence electrons. The molecule has 0 aliphatic carbocycles. The van der Waals surface area contributed by atoms with Crippen LogP contribution in [0, 0.1) is 0 Å². The molecule has 2 nitrogen and oxygen atoms in total. The molecule has 0 amide bonds. The van der Waals surface area contributed by atoms with Crippen LogP contribution in [0.1, 0.15) is 0 Å². The minimum Gasteiger partial charge on any atom is -0.404 e. The first-order valence-electron chi connectivity index (χ1n) is 3.07. The average molecular weight is 134 g/mol. The van der Waals surface area contributed by atoms with Crippen molar-refractivity contribution in [1.82, 2.24) is 0 Å². The molecular weight excluding hydrogens is 124 g/mol. The molecule has 10 heavy (non-hydrogen) atoms. The Morgan fingerprint density at radius 2 is 1.30 bits per heavy atom. The predicted octanol–water partition coefficient (Wildman–Crippen LogP) is -0.920. The minimum atomic E-state index is 0.963. The van der Waals surface area contributed by atoms with E-state index in [1.54, 1.807) is 12.4 Å². The van der Waals surface area contributed by atoms with Gasteiger partial charge in [0.25, 0.3) is 0 Å². The Morgan fingerprint density at radius 3 is 1.60 bits per heavy atom. The van der Waals surface area contributed by atoms with Crippen molar-refractivity contribution in [3.05, 3.63) is 34.7 Å². The van der Waals surface area contributed by atoms with Gasteiger partial charge < -0.3 is 11.5 Å². The van der Waals surface area contributed by atoms with Gasteiger partial charge in [-0.3, -0.25) is 0 Å². The van der Waals surface area contributed by atoms with Crippen LogP contribution in [-0.4, -0.2) is 0 Å². The van der Waals surface area contributed by atoms with Gasteiger partial charge in [0.15, 0.2) is 0 Å². The number of rotatable bonds is 0. The van der Waals surface area contributed by atoms with E-state index in [9.17, 15) is 0 Å². The van der Waals surface area contributed by atoms with Gasteiger partial charge in [-0.2, -0.15) is 0 Å². The van der Waals surface area contributed by atoms with Crippen LogP contribution in [0.4, 0.5) is 0 Å². The zero-order chi connectivity index (χ0) is 7.40. The summed E-state index contributed by atoms with van der Waals surface area (Å²) in [7, 11) is 0. The average Bonchev–Trinajstić information content (AvgIpc) is 2.04. The summed E-state index contributed by atoms with van der Waals surface area (Å²) < 4.78 is 0. The maximum atomic E-state index is 5.33. The Balaban J connectivity index is 3.53. The minimum absolute atomic E-state index is 0.963. The molecule has 0 saturated carbocycles. The van der Waals surface area contributed by atoms with Crippen molar-refractivity contribution in [3.63, 3.8) is 0 Å². The summed E-state index contributed by atoms with van der Waals surface area (Å²) >= 11 is 0. The molecule has 1 aromatic carbocycles. The summed E-state index contributed by atoms with van der Waals surface area (Å²) in [6, 6.07) is 7.68. The van der Waals surface area contributed by atoms with Gasteiger partial charge in [-0.25, -0.2) is 0 Å². The van der Waals surface area contributed by atoms with E-state index < -0.39 is 0 Å². The Hall–Kier alpha value is -1.44. The van der Waals surface area contributed by atoms with Crippen LogP contribution in [-0.2, 0) is 0 Å². The van der Waals surface area contributed by atoms with Gasteiger partial charge in [-0.1, -0.05) is 24.3 Å². The lowest BCUT2D eigenvalue weighted by atomic mass is 10.2. The molecule has 0 fully saturated rings. The predicted molar refractivity (Wildman–Crippen MR) is 43.0 cm³/mol. The van der Waals surface area contributed by atoms with Crippen LogP contribution in [0.5, 0.6) is 0 Å². The summed E-state index contributed by atoms with van der Waals surface area (Å²) in [6.07, 6.45) is 3.08. The van der Waals surface area contributed by atoms with E-state index in [0.717, 1.165) is 10.4 Å². The normalized spacial score (nSPS) is 14.0. The second kappa shape index (κ2) is 2.92. The van der Waals surface area contributed by atoms with E-state index in [1.165, 1.54) is 0 Å². The smallest absolute Gasteiger partial charge is 0.00181 e. The highest BCUT2D eigenvalue weighted by Gasteiger charge is 1.77. The lowest BCUT2D eigenvalue weighted by Crippen LogP contribution is -2.26. The molecule has 0 radical (unpaired) electrons. The molecule has 0 unspecified atom stereocenters. The number of benzene rings is 1. The van der Waals surface area contributed by atoms with Crippen molar-refractivity contribution in [2.24, 2.45) is 11.5 Å². The quantitative estimate of drug-likeness (QED) is 0.482. The van der Waals surface area contributed by atoms with Gasteiger partial charge in [-0.15, -0.1) is 0 Å². The first kappa shape index (κ1) is 6.68. The van der Waals surface area contributed by atoms with E-state index in [-0.39, 0.29) is 0 Å². The lowest BCUT2D eigenvalue weighted by molar-refractivity contribution is 1.47. The lowest BCUT2D eigenvalue weighted by Gasteiger charge is -1.85. The molecule has 1 aromatic rings. The topological polar surface area (TPSA) is 52.0 Å². The largest absolute Gasteiger partial charge is 0.404 e. The van der Waals surface area contributed by atoms with Crippen molar-refractivity contribution < 1.29 is 0 Å². The molecule has 0 atom stereocenters. The molecule has 0 bridgehead atoms. The SMILES string of the molecule is NC=c1ccccc1=CN. The van der Waals surface area contributed by atoms with Crippen molar-refractivity contribution in [2.45, 2.75) is 0 Å². The first-order chi connectivity index (χ1) is 4.88. The van der Waals surface area contributed by atoms with Gasteiger partial charge in [0.2, 0.25) is 0 Å². The van der Waals surface area contributed by atoms with Crippen molar-refractivity contribution in [3.8, 4) is 0 Å². The number of hydrogen-bond donors (Lipinski definition) is 2. The molecule has 2 heteroatoms. The summed E-state index contributed by atoms with van der Waals surface area (Å²) in [4.78, 5) is 0. The van der Waals surface area contributed by atoms with Gasteiger partial charge in [0, 0.05) is 12.4 Å². The molecule has 0 spiro atoms. The van der Waals surface area contributed by atoms with Gasteiger partial charge in [-0.05, 0) is 10.4 Å². The van der Waals surface area contributed by atoms with E-state index in [1.807, 2.05) is 24.3 Å². The highest BCUT2D eigenvalue weighted by Crippen LogP contribution is 1.68. The van der Waals surface area contributed by atoms with Crippen LogP contribution >= 0.6 is 0 Å². The van der Waals surface area contributed by atoms with E-state index in [2.05, 4.69) is 0 Å². The maximum absolute atomic E-state index is 5.33. The van der Waals surface area contributed by atoms with Crippen LogP contribution in [0.25, 0.3) is 12.4 Å². The fraction of sp³-hybridized carbons (Fsp3) is 0. The molecule has 1 rings (SSSR count). The van der Waals surface area contributed by atoms with Gasteiger partial charge in [0.1, 0.15) is 0 Å². The zero-order valence-corrected chi connectivity index (χ0v) is 5.62. The second-order valence-electron chi connectivity index (χ2n) is 1.96. The molecular formula is C8H10N2. The zero-order valence-electron chi connectivity index (χ0n) is 5.62. The third-order valence-electron chi connectivity index (χ3n) is 1.36. The highest BCUT2D eigenvalue weighted by molar-refractivity contribution is 5.27. The van der Waals surface area contributed by atoms with Crippen molar-refractivity contribution in [1.29, 1.82) is 0 Å². The van der Waals surface area contributed by atoms with Gasteiger partial charge in [0.05, 0.1) is 0 Å². The monoisotopic (exact) mass is 134 g/mol. The third kappa shape index (κ3) is 1.10. The Bertz CT molecular complexity index is 281. The second-order valence-corrected chi connectivity index (χ2v) is 1.96. The Labute approximate surface area is 59.5 Å². The van der Waals surface area contributed by atoms with Crippen molar-refractivity contribution in [2.75, 3.05) is 0 Å².